The molecule has 0 spiro atoms. The van der Waals surface area contributed by atoms with E-state index in [1.165, 1.54) is 18.4 Å². The Labute approximate surface area is 167 Å². The molecule has 1 amide bonds. The molecule has 0 bridgehead atoms. The molecule has 27 heavy (non-hydrogen) atoms. The summed E-state index contributed by atoms with van der Waals surface area (Å²) >= 11 is 5.39. The Bertz CT molecular complexity index is 771. The van der Waals surface area contributed by atoms with Crippen LogP contribution in [0.25, 0.3) is 0 Å². The van der Waals surface area contributed by atoms with Crippen molar-refractivity contribution in [2.45, 2.75) is 45.6 Å². The molecule has 0 radical (unpaired) electrons. The molecule has 0 atom stereocenters. The lowest BCUT2D eigenvalue weighted by Crippen LogP contribution is -2.28. The molecule has 1 aliphatic heterocycles. The quantitative estimate of drug-likeness (QED) is 0.686. The Balaban J connectivity index is 1.46. The highest BCUT2D eigenvalue weighted by molar-refractivity contribution is 7.80. The maximum atomic E-state index is 11.8. The maximum Gasteiger partial charge on any atom is 0.227 e. The van der Waals surface area contributed by atoms with Gasteiger partial charge in [-0.15, -0.1) is 0 Å². The molecule has 4 nitrogen and oxygen atoms in total. The number of thiocarbonyl (C=S) groups is 1. The van der Waals surface area contributed by atoms with Crippen LogP contribution in [0.1, 0.15) is 43.7 Å². The van der Waals surface area contributed by atoms with E-state index in [2.05, 4.69) is 41.8 Å². The first-order valence-corrected chi connectivity index (χ1v) is 10.1. The molecule has 142 valence electrons. The van der Waals surface area contributed by atoms with Crippen LogP contribution < -0.4 is 15.5 Å². The van der Waals surface area contributed by atoms with Gasteiger partial charge in [-0.25, -0.2) is 0 Å². The highest BCUT2D eigenvalue weighted by atomic mass is 32.1. The summed E-state index contributed by atoms with van der Waals surface area (Å²) in [5, 5.41) is 7.07. The van der Waals surface area contributed by atoms with Gasteiger partial charge in [-0.05, 0) is 66.9 Å². The lowest BCUT2D eigenvalue weighted by atomic mass is 10.1. The van der Waals surface area contributed by atoms with Crippen LogP contribution in [0.2, 0.25) is 0 Å². The van der Waals surface area contributed by atoms with Crippen molar-refractivity contribution in [3.05, 3.63) is 59.7 Å². The number of benzene rings is 2. The second-order valence-corrected chi connectivity index (χ2v) is 7.33. The van der Waals surface area contributed by atoms with Crippen LogP contribution in [0.4, 0.5) is 11.4 Å². The topological polar surface area (TPSA) is 44.4 Å². The minimum Gasteiger partial charge on any atom is -0.358 e. The van der Waals surface area contributed by atoms with Crippen LogP contribution in [0.15, 0.2) is 48.5 Å². The first kappa shape index (κ1) is 19.4. The zero-order valence-corrected chi connectivity index (χ0v) is 16.6. The summed E-state index contributed by atoms with van der Waals surface area (Å²) in [6.45, 7) is 3.68. The molecule has 2 aromatic rings. The van der Waals surface area contributed by atoms with Crippen molar-refractivity contribution in [3.8, 4) is 0 Å². The smallest absolute Gasteiger partial charge is 0.227 e. The molecule has 1 saturated heterocycles. The summed E-state index contributed by atoms with van der Waals surface area (Å²) < 4.78 is 0. The van der Waals surface area contributed by atoms with E-state index < -0.39 is 0 Å². The van der Waals surface area contributed by atoms with Crippen LogP contribution in [0, 0.1) is 0 Å². The van der Waals surface area contributed by atoms with Gasteiger partial charge in [0, 0.05) is 30.9 Å². The molecule has 0 aromatic heterocycles. The Morgan fingerprint density at radius 3 is 2.41 bits per heavy atom. The SMILES string of the molecule is CCCCc1ccc(NC(=S)NCc2ccc(N3CCCC3=O)cc2)cc1. The van der Waals surface area contributed by atoms with Gasteiger partial charge < -0.3 is 15.5 Å². The van der Waals surface area contributed by atoms with E-state index >= 15 is 0 Å². The molecule has 0 aliphatic carbocycles. The molecule has 1 fully saturated rings. The van der Waals surface area contributed by atoms with Crippen molar-refractivity contribution < 1.29 is 4.79 Å². The standard InChI is InChI=1S/C22H27N3OS/c1-2-3-5-17-7-11-19(12-8-17)24-22(27)23-16-18-9-13-20(14-10-18)25-15-4-6-21(25)26/h7-14H,2-6,15-16H2,1H3,(H2,23,24,27). The van der Waals surface area contributed by atoms with Crippen molar-refractivity contribution in [3.63, 3.8) is 0 Å². The molecule has 2 aromatic carbocycles. The largest absolute Gasteiger partial charge is 0.358 e. The number of unbranched alkanes of at least 4 members (excludes halogenated alkanes) is 1. The predicted octanol–water partition coefficient (Wildman–Crippen LogP) is 4.64. The third-order valence-corrected chi connectivity index (χ3v) is 5.05. The minimum atomic E-state index is 0.215. The Morgan fingerprint density at radius 1 is 1.07 bits per heavy atom. The van der Waals surface area contributed by atoms with Crippen molar-refractivity contribution in [2.75, 3.05) is 16.8 Å². The molecular formula is C22H27N3OS. The summed E-state index contributed by atoms with van der Waals surface area (Å²) in [4.78, 5) is 13.7. The molecular weight excluding hydrogens is 354 g/mol. The van der Waals surface area contributed by atoms with E-state index in [-0.39, 0.29) is 5.91 Å². The monoisotopic (exact) mass is 381 g/mol. The Morgan fingerprint density at radius 2 is 1.78 bits per heavy atom. The molecule has 5 heteroatoms. The van der Waals surface area contributed by atoms with Gasteiger partial charge >= 0.3 is 0 Å². The molecule has 0 saturated carbocycles. The zero-order chi connectivity index (χ0) is 19.1. The van der Waals surface area contributed by atoms with Gasteiger partial charge in [-0.1, -0.05) is 37.6 Å². The molecule has 2 N–H and O–H groups in total. The van der Waals surface area contributed by atoms with Gasteiger partial charge in [0.1, 0.15) is 0 Å². The van der Waals surface area contributed by atoms with E-state index in [0.717, 1.165) is 36.3 Å². The van der Waals surface area contributed by atoms with Gasteiger partial charge in [0.05, 0.1) is 0 Å². The van der Waals surface area contributed by atoms with Crippen LogP contribution in [0.5, 0.6) is 0 Å². The van der Waals surface area contributed by atoms with E-state index in [1.54, 1.807) is 0 Å². The summed E-state index contributed by atoms with van der Waals surface area (Å²) in [6.07, 6.45) is 5.16. The van der Waals surface area contributed by atoms with Crippen LogP contribution in [0.3, 0.4) is 0 Å². The Kier molecular flexibility index (Phi) is 6.82. The number of nitrogens with one attached hydrogen (secondary N) is 2. The van der Waals surface area contributed by atoms with Crippen molar-refractivity contribution >= 4 is 34.6 Å². The average molecular weight is 382 g/mol. The fourth-order valence-corrected chi connectivity index (χ4v) is 3.40. The number of carbonyl (C=O) groups excluding carboxylic acids is 1. The lowest BCUT2D eigenvalue weighted by molar-refractivity contribution is -0.117. The second-order valence-electron chi connectivity index (χ2n) is 6.92. The number of nitrogens with zero attached hydrogens (tertiary/aromatic N) is 1. The molecule has 3 rings (SSSR count). The van der Waals surface area contributed by atoms with Gasteiger partial charge in [-0.2, -0.15) is 0 Å². The normalized spacial score (nSPS) is 13.7. The number of carbonyl (C=O) groups is 1. The first-order chi connectivity index (χ1) is 13.2. The van der Waals surface area contributed by atoms with Crippen LogP contribution in [-0.2, 0) is 17.8 Å². The molecule has 1 heterocycles. The molecule has 0 unspecified atom stereocenters. The van der Waals surface area contributed by atoms with Crippen molar-refractivity contribution in [2.24, 2.45) is 0 Å². The number of hydrogen-bond acceptors (Lipinski definition) is 2. The third-order valence-electron chi connectivity index (χ3n) is 4.81. The third kappa shape index (κ3) is 5.54. The summed E-state index contributed by atoms with van der Waals surface area (Å²) in [6, 6.07) is 16.5. The Hall–Kier alpha value is -2.40. The van der Waals surface area contributed by atoms with E-state index in [1.807, 2.05) is 29.2 Å². The number of rotatable bonds is 7. The number of amides is 1. The summed E-state index contributed by atoms with van der Waals surface area (Å²) in [7, 11) is 0. The van der Waals surface area contributed by atoms with E-state index in [9.17, 15) is 4.79 Å². The first-order valence-electron chi connectivity index (χ1n) is 9.69. The summed E-state index contributed by atoms with van der Waals surface area (Å²) in [5.74, 6) is 0.215. The fraction of sp³-hybridized carbons (Fsp3) is 0.364. The average Bonchev–Trinajstić information content (AvgIpc) is 3.12. The number of anilines is 2. The van der Waals surface area contributed by atoms with E-state index in [0.29, 0.717) is 18.1 Å². The van der Waals surface area contributed by atoms with Crippen molar-refractivity contribution in [1.29, 1.82) is 0 Å². The highest BCUT2D eigenvalue weighted by Crippen LogP contribution is 2.21. The number of aryl methyl sites for hydroxylation is 1. The van der Waals surface area contributed by atoms with Gasteiger partial charge in [0.25, 0.3) is 0 Å². The van der Waals surface area contributed by atoms with Crippen molar-refractivity contribution in [1.82, 2.24) is 5.32 Å². The van der Waals surface area contributed by atoms with Crippen LogP contribution >= 0.6 is 12.2 Å². The predicted molar refractivity (Wildman–Crippen MR) is 116 cm³/mol. The highest BCUT2D eigenvalue weighted by Gasteiger charge is 2.21. The van der Waals surface area contributed by atoms with Gasteiger partial charge in [0.15, 0.2) is 5.11 Å². The van der Waals surface area contributed by atoms with Gasteiger partial charge in [0.2, 0.25) is 5.91 Å². The minimum absolute atomic E-state index is 0.215. The van der Waals surface area contributed by atoms with Crippen LogP contribution in [-0.4, -0.2) is 17.6 Å². The summed E-state index contributed by atoms with van der Waals surface area (Å²) in [5.41, 5.74) is 4.46. The molecule has 1 aliphatic rings. The number of hydrogen-bond donors (Lipinski definition) is 2. The fourth-order valence-electron chi connectivity index (χ4n) is 3.21. The van der Waals surface area contributed by atoms with Gasteiger partial charge in [-0.3, -0.25) is 4.79 Å². The maximum absolute atomic E-state index is 11.8. The lowest BCUT2D eigenvalue weighted by Gasteiger charge is -2.16. The zero-order valence-electron chi connectivity index (χ0n) is 15.8. The second kappa shape index (κ2) is 9.51. The van der Waals surface area contributed by atoms with E-state index in [4.69, 9.17) is 12.2 Å².